The topological polar surface area (TPSA) is 43.3 Å². The summed E-state index contributed by atoms with van der Waals surface area (Å²) < 4.78 is 7.91. The molecule has 0 atom stereocenters. The molecule has 0 aliphatic heterocycles. The quantitative estimate of drug-likeness (QED) is 0.421. The van der Waals surface area contributed by atoms with Gasteiger partial charge in [-0.1, -0.05) is 30.3 Å². The average Bonchev–Trinajstić information content (AvgIpc) is 3.04. The van der Waals surface area contributed by atoms with Gasteiger partial charge < -0.3 is 14.6 Å². The lowest BCUT2D eigenvalue weighted by molar-refractivity contribution is 0.102. The third kappa shape index (κ3) is 4.13. The summed E-state index contributed by atoms with van der Waals surface area (Å²) in [5.41, 5.74) is 5.57. The van der Waals surface area contributed by atoms with Crippen molar-refractivity contribution in [3.8, 4) is 17.2 Å². The van der Waals surface area contributed by atoms with Crippen LogP contribution in [0.2, 0.25) is 0 Å². The van der Waals surface area contributed by atoms with Gasteiger partial charge in [0.25, 0.3) is 5.91 Å². The Labute approximate surface area is 176 Å². The second-order valence-electron chi connectivity index (χ2n) is 7.35. The van der Waals surface area contributed by atoms with Gasteiger partial charge in [-0.2, -0.15) is 0 Å². The summed E-state index contributed by atoms with van der Waals surface area (Å²) in [5.74, 6) is 1.37. The maximum Gasteiger partial charge on any atom is 0.257 e. The second kappa shape index (κ2) is 8.29. The van der Waals surface area contributed by atoms with Crippen molar-refractivity contribution >= 4 is 11.6 Å². The number of nitrogens with one attached hydrogen (secondary N) is 1. The van der Waals surface area contributed by atoms with Crippen molar-refractivity contribution < 1.29 is 9.53 Å². The van der Waals surface area contributed by atoms with E-state index in [0.29, 0.717) is 5.56 Å². The van der Waals surface area contributed by atoms with Crippen molar-refractivity contribution in [1.82, 2.24) is 4.57 Å². The number of rotatable bonds is 5. The van der Waals surface area contributed by atoms with Crippen molar-refractivity contribution in [2.75, 3.05) is 5.32 Å². The highest BCUT2D eigenvalue weighted by Crippen LogP contribution is 2.25. The summed E-state index contributed by atoms with van der Waals surface area (Å²) in [5, 5.41) is 2.99. The maximum atomic E-state index is 12.9. The summed E-state index contributed by atoms with van der Waals surface area (Å²) in [4.78, 5) is 12.9. The molecule has 150 valence electrons. The molecule has 0 fully saturated rings. The molecule has 0 spiro atoms. The van der Waals surface area contributed by atoms with E-state index in [1.54, 1.807) is 0 Å². The Morgan fingerprint density at radius 1 is 0.800 bits per heavy atom. The van der Waals surface area contributed by atoms with E-state index >= 15 is 0 Å². The molecule has 3 aromatic carbocycles. The number of hydrogen-bond donors (Lipinski definition) is 1. The summed E-state index contributed by atoms with van der Waals surface area (Å²) in [6.45, 7) is 6.05. The molecule has 4 heteroatoms. The van der Waals surface area contributed by atoms with E-state index in [0.717, 1.165) is 34.3 Å². The number of aromatic nitrogens is 1. The Morgan fingerprint density at radius 2 is 1.50 bits per heavy atom. The Balaban J connectivity index is 1.51. The predicted octanol–water partition coefficient (Wildman–Crippen LogP) is 6.45. The lowest BCUT2D eigenvalue weighted by atomic mass is 10.2. The highest BCUT2D eigenvalue weighted by molar-refractivity contribution is 6.05. The lowest BCUT2D eigenvalue weighted by Crippen LogP contribution is -2.13. The van der Waals surface area contributed by atoms with Gasteiger partial charge in [0.05, 0.1) is 5.56 Å². The number of anilines is 1. The standard InChI is InChI=1S/C26H24N2O2/c1-18-8-7-9-22(16-18)28-19(2)17-25(20(28)3)26(29)27-21-12-14-24(15-13-21)30-23-10-5-4-6-11-23/h4-17H,1-3H3,(H,27,29). The minimum absolute atomic E-state index is 0.126. The highest BCUT2D eigenvalue weighted by Gasteiger charge is 2.17. The van der Waals surface area contributed by atoms with Crippen LogP contribution in [0.5, 0.6) is 11.5 Å². The number of aryl methyl sites for hydroxylation is 2. The molecule has 4 rings (SSSR count). The van der Waals surface area contributed by atoms with Crippen LogP contribution in [0.15, 0.2) is 84.9 Å². The van der Waals surface area contributed by atoms with Gasteiger partial charge in [0.2, 0.25) is 0 Å². The average molecular weight is 396 g/mol. The van der Waals surface area contributed by atoms with Gasteiger partial charge in [0.1, 0.15) is 11.5 Å². The molecule has 0 saturated heterocycles. The van der Waals surface area contributed by atoms with Crippen molar-refractivity contribution in [3.05, 3.63) is 107 Å². The van der Waals surface area contributed by atoms with E-state index in [9.17, 15) is 4.79 Å². The van der Waals surface area contributed by atoms with Crippen molar-refractivity contribution in [1.29, 1.82) is 0 Å². The van der Waals surface area contributed by atoms with Crippen LogP contribution in [0.1, 0.15) is 27.3 Å². The lowest BCUT2D eigenvalue weighted by Gasteiger charge is -2.11. The van der Waals surface area contributed by atoms with Crippen LogP contribution in [0.4, 0.5) is 5.69 Å². The van der Waals surface area contributed by atoms with Crippen LogP contribution in [0.3, 0.4) is 0 Å². The minimum Gasteiger partial charge on any atom is -0.457 e. The largest absolute Gasteiger partial charge is 0.457 e. The van der Waals surface area contributed by atoms with E-state index in [1.807, 2.05) is 80.6 Å². The number of para-hydroxylation sites is 1. The molecule has 0 aliphatic rings. The van der Waals surface area contributed by atoms with Crippen molar-refractivity contribution in [2.45, 2.75) is 20.8 Å². The third-order valence-electron chi connectivity index (χ3n) is 5.03. The number of benzene rings is 3. The van der Waals surface area contributed by atoms with Gasteiger partial charge in [0.15, 0.2) is 0 Å². The maximum absolute atomic E-state index is 12.9. The molecule has 1 N–H and O–H groups in total. The van der Waals surface area contributed by atoms with Crippen LogP contribution in [0.25, 0.3) is 5.69 Å². The first-order valence-corrected chi connectivity index (χ1v) is 9.91. The fourth-order valence-corrected chi connectivity index (χ4v) is 3.59. The van der Waals surface area contributed by atoms with Gasteiger partial charge in [0, 0.05) is 22.8 Å². The molecule has 0 unspecified atom stereocenters. The Morgan fingerprint density at radius 3 is 2.20 bits per heavy atom. The fraction of sp³-hybridized carbons (Fsp3) is 0.115. The van der Waals surface area contributed by atoms with E-state index < -0.39 is 0 Å². The number of hydrogen-bond acceptors (Lipinski definition) is 2. The molecular formula is C26H24N2O2. The molecule has 1 heterocycles. The van der Waals surface area contributed by atoms with E-state index in [1.165, 1.54) is 5.56 Å². The molecule has 0 aliphatic carbocycles. The molecule has 0 radical (unpaired) electrons. The summed E-state index contributed by atoms with van der Waals surface area (Å²) >= 11 is 0. The fourth-order valence-electron chi connectivity index (χ4n) is 3.59. The first kappa shape index (κ1) is 19.5. The van der Waals surface area contributed by atoms with E-state index in [2.05, 4.69) is 35.0 Å². The van der Waals surface area contributed by atoms with Crippen LogP contribution in [-0.2, 0) is 0 Å². The molecule has 1 aromatic heterocycles. The first-order chi connectivity index (χ1) is 14.5. The van der Waals surface area contributed by atoms with E-state index in [4.69, 9.17) is 4.74 Å². The van der Waals surface area contributed by atoms with Gasteiger partial charge in [-0.15, -0.1) is 0 Å². The number of ether oxygens (including phenoxy) is 1. The smallest absolute Gasteiger partial charge is 0.257 e. The molecular weight excluding hydrogens is 372 g/mol. The third-order valence-corrected chi connectivity index (χ3v) is 5.03. The normalized spacial score (nSPS) is 10.6. The number of carbonyl (C=O) groups excluding carboxylic acids is 1. The number of amides is 1. The summed E-state index contributed by atoms with van der Waals surface area (Å²) in [6.07, 6.45) is 0. The number of nitrogens with zero attached hydrogens (tertiary/aromatic N) is 1. The van der Waals surface area contributed by atoms with Crippen LogP contribution in [0, 0.1) is 20.8 Å². The van der Waals surface area contributed by atoms with Crippen molar-refractivity contribution in [3.63, 3.8) is 0 Å². The first-order valence-electron chi connectivity index (χ1n) is 9.91. The molecule has 1 amide bonds. The zero-order valence-corrected chi connectivity index (χ0v) is 17.3. The Bertz CT molecular complexity index is 1180. The molecule has 0 saturated carbocycles. The van der Waals surface area contributed by atoms with Crippen LogP contribution < -0.4 is 10.1 Å². The van der Waals surface area contributed by atoms with E-state index in [-0.39, 0.29) is 5.91 Å². The van der Waals surface area contributed by atoms with Crippen LogP contribution >= 0.6 is 0 Å². The second-order valence-corrected chi connectivity index (χ2v) is 7.35. The van der Waals surface area contributed by atoms with Gasteiger partial charge in [-0.05, 0) is 80.9 Å². The predicted molar refractivity (Wildman–Crippen MR) is 121 cm³/mol. The van der Waals surface area contributed by atoms with Gasteiger partial charge in [-0.3, -0.25) is 4.79 Å². The molecule has 4 aromatic rings. The Hall–Kier alpha value is -3.79. The molecule has 4 nitrogen and oxygen atoms in total. The zero-order chi connectivity index (χ0) is 21.1. The minimum atomic E-state index is -0.126. The van der Waals surface area contributed by atoms with Crippen LogP contribution in [-0.4, -0.2) is 10.5 Å². The Kier molecular flexibility index (Phi) is 5.40. The van der Waals surface area contributed by atoms with Crippen molar-refractivity contribution in [2.24, 2.45) is 0 Å². The molecule has 30 heavy (non-hydrogen) atoms. The summed E-state index contributed by atoms with van der Waals surface area (Å²) in [6, 6.07) is 27.2. The monoisotopic (exact) mass is 396 g/mol. The summed E-state index contributed by atoms with van der Waals surface area (Å²) in [7, 11) is 0. The zero-order valence-electron chi connectivity index (χ0n) is 17.3. The van der Waals surface area contributed by atoms with Gasteiger partial charge in [-0.25, -0.2) is 0 Å². The highest BCUT2D eigenvalue weighted by atomic mass is 16.5. The molecule has 0 bridgehead atoms. The van der Waals surface area contributed by atoms with Gasteiger partial charge >= 0.3 is 0 Å². The SMILES string of the molecule is Cc1cccc(-n2c(C)cc(C(=O)Nc3ccc(Oc4ccccc4)cc3)c2C)c1. The number of carbonyl (C=O) groups is 1.